The van der Waals surface area contributed by atoms with Gasteiger partial charge in [-0.3, -0.25) is 4.57 Å². The fourth-order valence-electron chi connectivity index (χ4n) is 2.65. The number of methoxy groups -OCH3 is 1. The summed E-state index contributed by atoms with van der Waals surface area (Å²) in [5, 5.41) is 32.6. The Kier molecular flexibility index (Phi) is 4.78. The quantitative estimate of drug-likeness (QED) is 0.375. The Labute approximate surface area is 137 Å². The molecular formula is C13H20N6O5. The normalized spacial score (nSPS) is 27.0. The second-order valence-electron chi connectivity index (χ2n) is 5.38. The van der Waals surface area contributed by atoms with Crippen molar-refractivity contribution in [2.45, 2.75) is 24.5 Å². The summed E-state index contributed by atoms with van der Waals surface area (Å²) in [7, 11) is 1.57. The maximum atomic E-state index is 10.3. The summed E-state index contributed by atoms with van der Waals surface area (Å²) < 4.78 is 12.1. The molecule has 1 saturated heterocycles. The summed E-state index contributed by atoms with van der Waals surface area (Å²) in [5.41, 5.74) is 6.52. The first-order chi connectivity index (χ1) is 11.6. The molecule has 11 nitrogen and oxygen atoms in total. The molecule has 1 aliphatic heterocycles. The zero-order chi connectivity index (χ0) is 17.3. The summed E-state index contributed by atoms with van der Waals surface area (Å²) in [4.78, 5) is 12.4. The summed E-state index contributed by atoms with van der Waals surface area (Å²) >= 11 is 0. The van der Waals surface area contributed by atoms with Crippen LogP contribution < -0.4 is 11.1 Å². The maximum Gasteiger partial charge on any atom is 0.207 e. The van der Waals surface area contributed by atoms with E-state index >= 15 is 0 Å². The summed E-state index contributed by atoms with van der Waals surface area (Å²) in [6, 6.07) is 0. The van der Waals surface area contributed by atoms with E-state index in [0.29, 0.717) is 30.3 Å². The van der Waals surface area contributed by atoms with Crippen molar-refractivity contribution in [2.75, 3.05) is 37.9 Å². The minimum absolute atomic E-state index is 0.181. The highest BCUT2D eigenvalue weighted by molar-refractivity contribution is 5.84. The van der Waals surface area contributed by atoms with Crippen molar-refractivity contribution in [2.24, 2.45) is 0 Å². The van der Waals surface area contributed by atoms with Crippen LogP contribution in [0.1, 0.15) is 6.23 Å². The second-order valence-corrected chi connectivity index (χ2v) is 5.38. The molecule has 0 amide bonds. The van der Waals surface area contributed by atoms with Gasteiger partial charge in [0.25, 0.3) is 0 Å². The molecule has 0 spiro atoms. The number of ether oxygens (including phenoxy) is 2. The number of nitrogens with zero attached hydrogens (tertiary/aromatic N) is 4. The predicted octanol–water partition coefficient (Wildman–Crippen LogP) is -1.92. The smallest absolute Gasteiger partial charge is 0.207 e. The van der Waals surface area contributed by atoms with Gasteiger partial charge in [0.15, 0.2) is 23.2 Å². The summed E-state index contributed by atoms with van der Waals surface area (Å²) in [5.74, 6) is 0.518. The number of nitrogens with one attached hydrogen (secondary N) is 1. The largest absolute Gasteiger partial charge is 0.394 e. The molecule has 0 bridgehead atoms. The van der Waals surface area contributed by atoms with Crippen LogP contribution in [0.5, 0.6) is 0 Å². The van der Waals surface area contributed by atoms with Crippen molar-refractivity contribution in [3.63, 3.8) is 0 Å². The average molecular weight is 340 g/mol. The third-order valence-corrected chi connectivity index (χ3v) is 3.87. The predicted molar refractivity (Wildman–Crippen MR) is 83.1 cm³/mol. The van der Waals surface area contributed by atoms with E-state index in [0.717, 1.165) is 0 Å². The van der Waals surface area contributed by atoms with Gasteiger partial charge in [-0.2, -0.15) is 0 Å². The molecular weight excluding hydrogens is 320 g/mol. The molecule has 4 atom stereocenters. The van der Waals surface area contributed by atoms with Gasteiger partial charge in [-0.05, 0) is 0 Å². The lowest BCUT2D eigenvalue weighted by Crippen LogP contribution is -2.33. The van der Waals surface area contributed by atoms with Crippen molar-refractivity contribution in [3.8, 4) is 0 Å². The minimum Gasteiger partial charge on any atom is -0.394 e. The van der Waals surface area contributed by atoms with Crippen molar-refractivity contribution in [1.82, 2.24) is 19.5 Å². The molecule has 132 valence electrons. The zero-order valence-electron chi connectivity index (χ0n) is 13.0. The number of nitrogen functional groups attached to an aromatic ring is 1. The Bertz CT molecular complexity index is 709. The molecule has 0 aromatic carbocycles. The van der Waals surface area contributed by atoms with Crippen LogP contribution in [0.2, 0.25) is 0 Å². The SMILES string of the molecule is COCCNc1nc2c(N)ncnc2n1[C@H]1O[C@@H](CO)[C@@H](O)[C@H]1O. The number of aliphatic hydroxyl groups excluding tert-OH is 3. The number of anilines is 2. The molecule has 0 aliphatic carbocycles. The van der Waals surface area contributed by atoms with Gasteiger partial charge in [0, 0.05) is 13.7 Å². The molecule has 2 aromatic rings. The number of imidazole rings is 1. The van der Waals surface area contributed by atoms with E-state index in [-0.39, 0.29) is 5.82 Å². The van der Waals surface area contributed by atoms with E-state index in [2.05, 4.69) is 20.3 Å². The highest BCUT2D eigenvalue weighted by atomic mass is 16.6. The third-order valence-electron chi connectivity index (χ3n) is 3.87. The van der Waals surface area contributed by atoms with Crippen molar-refractivity contribution < 1.29 is 24.8 Å². The fourth-order valence-corrected chi connectivity index (χ4v) is 2.65. The summed E-state index contributed by atoms with van der Waals surface area (Å²) in [6.07, 6.45) is -3.12. The van der Waals surface area contributed by atoms with Gasteiger partial charge in [-0.15, -0.1) is 0 Å². The molecule has 1 aliphatic rings. The second kappa shape index (κ2) is 6.83. The number of nitrogens with two attached hydrogens (primary N) is 1. The van der Waals surface area contributed by atoms with Crippen LogP contribution in [-0.2, 0) is 9.47 Å². The van der Waals surface area contributed by atoms with Gasteiger partial charge < -0.3 is 35.8 Å². The van der Waals surface area contributed by atoms with Gasteiger partial charge in [0.1, 0.15) is 24.6 Å². The van der Waals surface area contributed by atoms with Crippen LogP contribution in [-0.4, -0.2) is 80.0 Å². The lowest BCUT2D eigenvalue weighted by molar-refractivity contribution is -0.0501. The molecule has 11 heteroatoms. The van der Waals surface area contributed by atoms with Crippen molar-refractivity contribution in [3.05, 3.63) is 6.33 Å². The van der Waals surface area contributed by atoms with Gasteiger partial charge >= 0.3 is 0 Å². The monoisotopic (exact) mass is 340 g/mol. The zero-order valence-corrected chi connectivity index (χ0v) is 13.0. The highest BCUT2D eigenvalue weighted by Crippen LogP contribution is 2.34. The Morgan fingerprint density at radius 1 is 1.38 bits per heavy atom. The lowest BCUT2D eigenvalue weighted by atomic mass is 10.1. The molecule has 6 N–H and O–H groups in total. The van der Waals surface area contributed by atoms with E-state index < -0.39 is 31.1 Å². The molecule has 0 radical (unpaired) electrons. The minimum atomic E-state index is -1.27. The lowest BCUT2D eigenvalue weighted by Gasteiger charge is -2.19. The average Bonchev–Trinajstić information content (AvgIpc) is 3.07. The highest BCUT2D eigenvalue weighted by Gasteiger charge is 2.45. The van der Waals surface area contributed by atoms with Crippen LogP contribution >= 0.6 is 0 Å². The molecule has 2 aromatic heterocycles. The van der Waals surface area contributed by atoms with Gasteiger partial charge in [0.05, 0.1) is 13.2 Å². The van der Waals surface area contributed by atoms with E-state index in [4.69, 9.17) is 15.2 Å². The molecule has 3 heterocycles. The van der Waals surface area contributed by atoms with Crippen LogP contribution in [0, 0.1) is 0 Å². The van der Waals surface area contributed by atoms with Gasteiger partial charge in [0.2, 0.25) is 5.95 Å². The first-order valence-corrected chi connectivity index (χ1v) is 7.42. The summed E-state index contributed by atoms with van der Waals surface area (Å²) in [6.45, 7) is 0.452. The number of fused-ring (bicyclic) bond motifs is 1. The Morgan fingerprint density at radius 2 is 2.17 bits per heavy atom. The maximum absolute atomic E-state index is 10.3. The number of hydrogen-bond donors (Lipinski definition) is 5. The Morgan fingerprint density at radius 3 is 2.83 bits per heavy atom. The van der Waals surface area contributed by atoms with E-state index in [1.165, 1.54) is 10.9 Å². The van der Waals surface area contributed by atoms with E-state index in [1.807, 2.05) is 0 Å². The number of aromatic nitrogens is 4. The molecule has 0 saturated carbocycles. The number of aliphatic hydroxyl groups is 3. The topological polar surface area (TPSA) is 161 Å². The van der Waals surface area contributed by atoms with Crippen LogP contribution in [0.15, 0.2) is 6.33 Å². The molecule has 0 unspecified atom stereocenters. The van der Waals surface area contributed by atoms with E-state index in [1.54, 1.807) is 7.11 Å². The standard InChI is InChI=1S/C13H20N6O5/c1-23-3-2-15-13-18-7-10(14)16-5-17-11(7)19(13)12-9(22)8(21)6(4-20)24-12/h5-6,8-9,12,20-22H,2-4H2,1H3,(H,15,18)(H2,14,16,17)/t6-,8+,9+,12-/m0/s1. The Hall–Kier alpha value is -2.05. The molecule has 1 fully saturated rings. The van der Waals surface area contributed by atoms with Crippen LogP contribution in [0.25, 0.3) is 11.2 Å². The fraction of sp³-hybridized carbons (Fsp3) is 0.615. The Balaban J connectivity index is 2.04. The first-order valence-electron chi connectivity index (χ1n) is 7.42. The first kappa shape index (κ1) is 16.8. The van der Waals surface area contributed by atoms with Gasteiger partial charge in [-0.25, -0.2) is 15.0 Å². The van der Waals surface area contributed by atoms with Crippen LogP contribution in [0.4, 0.5) is 11.8 Å². The number of hydrogen-bond acceptors (Lipinski definition) is 10. The van der Waals surface area contributed by atoms with Crippen molar-refractivity contribution in [1.29, 1.82) is 0 Å². The van der Waals surface area contributed by atoms with Crippen LogP contribution in [0.3, 0.4) is 0 Å². The van der Waals surface area contributed by atoms with Gasteiger partial charge in [-0.1, -0.05) is 0 Å². The molecule has 24 heavy (non-hydrogen) atoms. The number of rotatable bonds is 6. The molecule has 3 rings (SSSR count). The van der Waals surface area contributed by atoms with Crippen molar-refractivity contribution >= 4 is 22.9 Å². The van der Waals surface area contributed by atoms with E-state index in [9.17, 15) is 15.3 Å². The third kappa shape index (κ3) is 2.76.